The second-order valence-electron chi connectivity index (χ2n) is 2.82. The highest BCUT2D eigenvalue weighted by atomic mass is 16.3. The minimum atomic E-state index is 0.358. The van der Waals surface area contributed by atoms with Crippen LogP contribution in [-0.2, 0) is 0 Å². The molecule has 0 saturated carbocycles. The molecule has 1 aromatic rings. The third-order valence-corrected chi connectivity index (χ3v) is 1.76. The normalized spacial score (nSPS) is 9.73. The van der Waals surface area contributed by atoms with Crippen molar-refractivity contribution in [2.45, 2.75) is 6.92 Å². The molecule has 0 aliphatic carbocycles. The minimum absolute atomic E-state index is 0.358. The zero-order valence-electron chi connectivity index (χ0n) is 7.13. The third-order valence-electron chi connectivity index (χ3n) is 1.76. The Morgan fingerprint density at radius 2 is 1.91 bits per heavy atom. The molecular formula is C9H13NO. The van der Waals surface area contributed by atoms with Crippen molar-refractivity contribution in [3.05, 3.63) is 23.8 Å². The van der Waals surface area contributed by atoms with Gasteiger partial charge in [-0.25, -0.2) is 0 Å². The first-order valence-corrected chi connectivity index (χ1v) is 3.59. The maximum absolute atomic E-state index is 9.32. The Labute approximate surface area is 67.1 Å². The molecule has 60 valence electrons. The van der Waals surface area contributed by atoms with E-state index in [0.29, 0.717) is 5.75 Å². The SMILES string of the molecule is Cc1c(O)cccc1N(C)C. The average molecular weight is 151 g/mol. The van der Waals surface area contributed by atoms with Crippen LogP contribution >= 0.6 is 0 Å². The minimum Gasteiger partial charge on any atom is -0.508 e. The van der Waals surface area contributed by atoms with Gasteiger partial charge in [-0.1, -0.05) is 6.07 Å². The summed E-state index contributed by atoms with van der Waals surface area (Å²) >= 11 is 0. The van der Waals surface area contributed by atoms with Gasteiger partial charge < -0.3 is 10.0 Å². The van der Waals surface area contributed by atoms with Crippen LogP contribution in [0.3, 0.4) is 0 Å². The van der Waals surface area contributed by atoms with Crippen molar-refractivity contribution in [3.8, 4) is 5.75 Å². The molecule has 2 heteroatoms. The standard InChI is InChI=1S/C9H13NO/c1-7-8(10(2)3)5-4-6-9(7)11/h4-6,11H,1-3H3. The van der Waals surface area contributed by atoms with Gasteiger partial charge in [0.05, 0.1) is 0 Å². The van der Waals surface area contributed by atoms with Crippen LogP contribution in [0.15, 0.2) is 18.2 Å². The lowest BCUT2D eigenvalue weighted by molar-refractivity contribution is 0.471. The van der Waals surface area contributed by atoms with Crippen molar-refractivity contribution in [2.75, 3.05) is 19.0 Å². The number of hydrogen-bond donors (Lipinski definition) is 1. The quantitative estimate of drug-likeness (QED) is 0.661. The molecule has 0 bridgehead atoms. The zero-order chi connectivity index (χ0) is 8.43. The van der Waals surface area contributed by atoms with Gasteiger partial charge in [0.15, 0.2) is 0 Å². The first-order valence-electron chi connectivity index (χ1n) is 3.59. The Morgan fingerprint density at radius 1 is 1.27 bits per heavy atom. The molecule has 0 unspecified atom stereocenters. The fraction of sp³-hybridized carbons (Fsp3) is 0.333. The van der Waals surface area contributed by atoms with Gasteiger partial charge in [-0.15, -0.1) is 0 Å². The fourth-order valence-corrected chi connectivity index (χ4v) is 1.10. The van der Waals surface area contributed by atoms with E-state index < -0.39 is 0 Å². The number of rotatable bonds is 1. The van der Waals surface area contributed by atoms with Crippen molar-refractivity contribution in [1.82, 2.24) is 0 Å². The highest BCUT2D eigenvalue weighted by Crippen LogP contribution is 2.25. The Hall–Kier alpha value is -1.18. The Bertz CT molecular complexity index is 256. The molecule has 2 nitrogen and oxygen atoms in total. The number of aromatic hydroxyl groups is 1. The topological polar surface area (TPSA) is 23.5 Å². The molecule has 0 fully saturated rings. The first-order chi connectivity index (χ1) is 5.13. The van der Waals surface area contributed by atoms with Gasteiger partial charge in [-0.2, -0.15) is 0 Å². The van der Waals surface area contributed by atoms with Gasteiger partial charge in [0, 0.05) is 25.3 Å². The molecule has 0 spiro atoms. The lowest BCUT2D eigenvalue weighted by atomic mass is 10.2. The largest absolute Gasteiger partial charge is 0.508 e. The van der Waals surface area contributed by atoms with Crippen LogP contribution in [0.1, 0.15) is 5.56 Å². The molecule has 0 heterocycles. The monoisotopic (exact) mass is 151 g/mol. The predicted molar refractivity (Wildman–Crippen MR) is 47.2 cm³/mol. The smallest absolute Gasteiger partial charge is 0.120 e. The second-order valence-corrected chi connectivity index (χ2v) is 2.82. The molecular weight excluding hydrogens is 138 g/mol. The van der Waals surface area contributed by atoms with Crippen LogP contribution in [0, 0.1) is 6.92 Å². The summed E-state index contributed by atoms with van der Waals surface area (Å²) in [7, 11) is 3.92. The third kappa shape index (κ3) is 1.45. The van der Waals surface area contributed by atoms with E-state index in [1.807, 2.05) is 38.1 Å². The van der Waals surface area contributed by atoms with Gasteiger partial charge in [0.25, 0.3) is 0 Å². The highest BCUT2D eigenvalue weighted by Gasteiger charge is 2.02. The number of hydrogen-bond acceptors (Lipinski definition) is 2. The summed E-state index contributed by atoms with van der Waals surface area (Å²) in [4.78, 5) is 1.98. The van der Waals surface area contributed by atoms with E-state index >= 15 is 0 Å². The van der Waals surface area contributed by atoms with E-state index in [9.17, 15) is 5.11 Å². The van der Waals surface area contributed by atoms with Crippen molar-refractivity contribution in [1.29, 1.82) is 0 Å². The summed E-state index contributed by atoms with van der Waals surface area (Å²) in [6.45, 7) is 1.91. The Morgan fingerprint density at radius 3 is 2.36 bits per heavy atom. The summed E-state index contributed by atoms with van der Waals surface area (Å²) < 4.78 is 0. The van der Waals surface area contributed by atoms with Crippen molar-refractivity contribution in [3.63, 3.8) is 0 Å². The first kappa shape index (κ1) is 7.92. The van der Waals surface area contributed by atoms with Crippen LogP contribution in [-0.4, -0.2) is 19.2 Å². The highest BCUT2D eigenvalue weighted by molar-refractivity contribution is 5.57. The van der Waals surface area contributed by atoms with E-state index in [0.717, 1.165) is 11.3 Å². The molecule has 0 aliphatic rings. The van der Waals surface area contributed by atoms with Crippen molar-refractivity contribution in [2.24, 2.45) is 0 Å². The molecule has 1 aromatic carbocycles. The van der Waals surface area contributed by atoms with Crippen LogP contribution in [0.4, 0.5) is 5.69 Å². The molecule has 1 N–H and O–H groups in total. The van der Waals surface area contributed by atoms with Crippen LogP contribution in [0.5, 0.6) is 5.75 Å². The van der Waals surface area contributed by atoms with Gasteiger partial charge >= 0.3 is 0 Å². The number of anilines is 1. The van der Waals surface area contributed by atoms with Gasteiger partial charge in [0.2, 0.25) is 0 Å². The number of benzene rings is 1. The summed E-state index contributed by atoms with van der Waals surface area (Å²) in [5.41, 5.74) is 1.99. The van der Waals surface area contributed by atoms with Gasteiger partial charge in [0.1, 0.15) is 5.75 Å². The molecule has 0 radical (unpaired) electrons. The van der Waals surface area contributed by atoms with E-state index in [4.69, 9.17) is 0 Å². The van der Waals surface area contributed by atoms with Crippen molar-refractivity contribution >= 4 is 5.69 Å². The van der Waals surface area contributed by atoms with E-state index in [2.05, 4.69) is 0 Å². The van der Waals surface area contributed by atoms with Gasteiger partial charge in [-0.3, -0.25) is 0 Å². The molecule has 1 rings (SSSR count). The molecule has 11 heavy (non-hydrogen) atoms. The Balaban J connectivity index is 3.17. The van der Waals surface area contributed by atoms with Crippen LogP contribution in [0.25, 0.3) is 0 Å². The van der Waals surface area contributed by atoms with Crippen molar-refractivity contribution < 1.29 is 5.11 Å². The maximum Gasteiger partial charge on any atom is 0.120 e. The summed E-state index contributed by atoms with van der Waals surface area (Å²) in [6.07, 6.45) is 0. The lowest BCUT2D eigenvalue weighted by Crippen LogP contribution is -2.09. The van der Waals surface area contributed by atoms with E-state index in [1.54, 1.807) is 6.07 Å². The molecule has 0 aromatic heterocycles. The van der Waals surface area contributed by atoms with Gasteiger partial charge in [-0.05, 0) is 19.1 Å². The lowest BCUT2D eigenvalue weighted by Gasteiger charge is -2.15. The number of nitrogens with zero attached hydrogens (tertiary/aromatic N) is 1. The average Bonchev–Trinajstić information content (AvgIpc) is 1.94. The summed E-state index contributed by atoms with van der Waals surface area (Å²) in [6, 6.07) is 5.52. The summed E-state index contributed by atoms with van der Waals surface area (Å²) in [5, 5.41) is 9.32. The van der Waals surface area contributed by atoms with Crippen LogP contribution in [0.2, 0.25) is 0 Å². The van der Waals surface area contributed by atoms with Crippen LogP contribution < -0.4 is 4.90 Å². The van der Waals surface area contributed by atoms with E-state index in [-0.39, 0.29) is 0 Å². The molecule has 0 amide bonds. The Kier molecular flexibility index (Phi) is 2.03. The number of phenols is 1. The van der Waals surface area contributed by atoms with E-state index in [1.165, 1.54) is 0 Å². The maximum atomic E-state index is 9.32. The number of phenolic OH excluding ortho intramolecular Hbond substituents is 1. The molecule has 0 atom stereocenters. The predicted octanol–water partition coefficient (Wildman–Crippen LogP) is 1.77. The second kappa shape index (κ2) is 2.82. The molecule has 0 saturated heterocycles. The zero-order valence-corrected chi connectivity index (χ0v) is 7.13. The summed E-state index contributed by atoms with van der Waals surface area (Å²) in [5.74, 6) is 0.358. The fourth-order valence-electron chi connectivity index (χ4n) is 1.10. The molecule has 0 aliphatic heterocycles.